The standard InChI is InChI=1S/C14H10ClFN4O/c15-10-3-1-2-8(13(10)16)6-12-19-14(21-20-12)9-4-5-11(17)18-7-9/h1-5,7H,6H2,(H2,17,18). The number of pyridine rings is 1. The Morgan fingerprint density at radius 2 is 2.10 bits per heavy atom. The summed E-state index contributed by atoms with van der Waals surface area (Å²) in [5.74, 6) is 0.599. The van der Waals surface area contributed by atoms with Gasteiger partial charge < -0.3 is 10.3 Å². The average Bonchev–Trinajstić information content (AvgIpc) is 2.93. The van der Waals surface area contributed by atoms with Crippen molar-refractivity contribution in [2.24, 2.45) is 0 Å². The molecule has 0 amide bonds. The fourth-order valence-corrected chi connectivity index (χ4v) is 2.02. The molecule has 21 heavy (non-hydrogen) atoms. The first-order valence-electron chi connectivity index (χ1n) is 6.11. The Labute approximate surface area is 124 Å². The molecule has 3 rings (SSSR count). The number of anilines is 1. The van der Waals surface area contributed by atoms with E-state index >= 15 is 0 Å². The highest BCUT2D eigenvalue weighted by Crippen LogP contribution is 2.21. The van der Waals surface area contributed by atoms with Crippen molar-refractivity contribution < 1.29 is 8.91 Å². The molecular weight excluding hydrogens is 295 g/mol. The van der Waals surface area contributed by atoms with E-state index in [2.05, 4.69) is 15.1 Å². The van der Waals surface area contributed by atoms with E-state index < -0.39 is 5.82 Å². The van der Waals surface area contributed by atoms with E-state index in [1.165, 1.54) is 12.3 Å². The van der Waals surface area contributed by atoms with Crippen molar-refractivity contribution in [3.63, 3.8) is 0 Å². The van der Waals surface area contributed by atoms with Gasteiger partial charge in [0, 0.05) is 12.6 Å². The number of benzene rings is 1. The molecule has 0 atom stereocenters. The van der Waals surface area contributed by atoms with Gasteiger partial charge in [0.1, 0.15) is 11.6 Å². The van der Waals surface area contributed by atoms with Gasteiger partial charge in [-0.25, -0.2) is 9.37 Å². The Kier molecular flexibility index (Phi) is 3.53. The van der Waals surface area contributed by atoms with E-state index in [4.69, 9.17) is 21.9 Å². The minimum Gasteiger partial charge on any atom is -0.384 e. The maximum Gasteiger partial charge on any atom is 0.259 e. The van der Waals surface area contributed by atoms with Gasteiger partial charge in [-0.05, 0) is 23.8 Å². The largest absolute Gasteiger partial charge is 0.384 e. The normalized spacial score (nSPS) is 10.8. The quantitative estimate of drug-likeness (QED) is 0.804. The highest BCUT2D eigenvalue weighted by atomic mass is 35.5. The number of rotatable bonds is 3. The maximum absolute atomic E-state index is 13.8. The van der Waals surface area contributed by atoms with Crippen LogP contribution in [0.1, 0.15) is 11.4 Å². The Morgan fingerprint density at radius 3 is 2.86 bits per heavy atom. The van der Waals surface area contributed by atoms with E-state index in [9.17, 15) is 4.39 Å². The predicted molar refractivity (Wildman–Crippen MR) is 76.2 cm³/mol. The van der Waals surface area contributed by atoms with Crippen molar-refractivity contribution in [1.29, 1.82) is 0 Å². The third-order valence-electron chi connectivity index (χ3n) is 2.88. The molecule has 0 radical (unpaired) electrons. The van der Waals surface area contributed by atoms with Crippen LogP contribution in [0.4, 0.5) is 10.2 Å². The van der Waals surface area contributed by atoms with Crippen molar-refractivity contribution in [2.45, 2.75) is 6.42 Å². The van der Waals surface area contributed by atoms with Gasteiger partial charge in [-0.3, -0.25) is 0 Å². The number of hydrogen-bond acceptors (Lipinski definition) is 5. The van der Waals surface area contributed by atoms with Crippen molar-refractivity contribution >= 4 is 17.4 Å². The van der Waals surface area contributed by atoms with Crippen LogP contribution < -0.4 is 5.73 Å². The average molecular weight is 305 g/mol. The first-order chi connectivity index (χ1) is 10.1. The molecule has 0 saturated heterocycles. The maximum atomic E-state index is 13.8. The summed E-state index contributed by atoms with van der Waals surface area (Å²) >= 11 is 5.74. The summed E-state index contributed by atoms with van der Waals surface area (Å²) in [6, 6.07) is 8.14. The third kappa shape index (κ3) is 2.85. The van der Waals surface area contributed by atoms with Crippen molar-refractivity contribution in [1.82, 2.24) is 15.1 Å². The van der Waals surface area contributed by atoms with Crippen LogP contribution in [0.2, 0.25) is 5.02 Å². The van der Waals surface area contributed by atoms with E-state index in [1.807, 2.05) is 0 Å². The molecule has 0 spiro atoms. The molecule has 3 aromatic rings. The van der Waals surface area contributed by atoms with Crippen LogP contribution in [0.3, 0.4) is 0 Å². The first-order valence-corrected chi connectivity index (χ1v) is 6.48. The van der Waals surface area contributed by atoms with Crippen LogP contribution >= 0.6 is 11.6 Å². The van der Waals surface area contributed by atoms with Gasteiger partial charge in [0.15, 0.2) is 5.82 Å². The van der Waals surface area contributed by atoms with Gasteiger partial charge in [0.25, 0.3) is 5.89 Å². The molecule has 2 N–H and O–H groups in total. The van der Waals surface area contributed by atoms with Crippen LogP contribution in [0.25, 0.3) is 11.5 Å². The number of aromatic nitrogens is 3. The van der Waals surface area contributed by atoms with E-state index in [0.717, 1.165) is 0 Å². The smallest absolute Gasteiger partial charge is 0.259 e. The van der Waals surface area contributed by atoms with Crippen molar-refractivity contribution in [2.75, 3.05) is 5.73 Å². The van der Waals surface area contributed by atoms with Crippen LogP contribution in [0.15, 0.2) is 41.1 Å². The summed E-state index contributed by atoms with van der Waals surface area (Å²) in [5.41, 5.74) is 6.57. The minimum atomic E-state index is -0.473. The van der Waals surface area contributed by atoms with E-state index in [-0.39, 0.29) is 11.4 Å². The van der Waals surface area contributed by atoms with E-state index in [1.54, 1.807) is 24.3 Å². The molecule has 0 aliphatic carbocycles. The lowest BCUT2D eigenvalue weighted by molar-refractivity contribution is 0.423. The molecule has 0 unspecified atom stereocenters. The second-order valence-electron chi connectivity index (χ2n) is 4.38. The second-order valence-corrected chi connectivity index (χ2v) is 4.78. The van der Waals surface area contributed by atoms with Gasteiger partial charge in [-0.2, -0.15) is 4.98 Å². The second kappa shape index (κ2) is 5.49. The first kappa shape index (κ1) is 13.5. The number of nitrogens with zero attached hydrogens (tertiary/aromatic N) is 3. The Balaban J connectivity index is 1.85. The van der Waals surface area contributed by atoms with Gasteiger partial charge in [-0.15, -0.1) is 0 Å². The molecule has 2 aromatic heterocycles. The van der Waals surface area contributed by atoms with Crippen LogP contribution in [0, 0.1) is 5.82 Å². The molecule has 0 aliphatic rings. The molecule has 0 fully saturated rings. The molecular formula is C14H10ClFN4O. The molecule has 0 bridgehead atoms. The Hall–Kier alpha value is -2.47. The molecule has 0 aliphatic heterocycles. The van der Waals surface area contributed by atoms with E-state index in [0.29, 0.717) is 28.7 Å². The Bertz CT molecular complexity index is 773. The molecule has 2 heterocycles. The zero-order chi connectivity index (χ0) is 14.8. The highest BCUT2D eigenvalue weighted by Gasteiger charge is 2.13. The zero-order valence-corrected chi connectivity index (χ0v) is 11.5. The monoisotopic (exact) mass is 304 g/mol. The summed E-state index contributed by atoms with van der Waals surface area (Å²) in [6.07, 6.45) is 1.73. The molecule has 0 saturated carbocycles. The van der Waals surface area contributed by atoms with Crippen LogP contribution in [-0.2, 0) is 6.42 Å². The summed E-state index contributed by atoms with van der Waals surface area (Å²) in [5, 5.41) is 3.89. The summed E-state index contributed by atoms with van der Waals surface area (Å²) < 4.78 is 19.0. The topological polar surface area (TPSA) is 77.8 Å². The van der Waals surface area contributed by atoms with Gasteiger partial charge in [0.2, 0.25) is 0 Å². The molecule has 7 heteroatoms. The number of nitrogen functional groups attached to an aromatic ring is 1. The zero-order valence-electron chi connectivity index (χ0n) is 10.8. The van der Waals surface area contributed by atoms with Gasteiger partial charge in [0.05, 0.1) is 10.6 Å². The van der Waals surface area contributed by atoms with Crippen LogP contribution in [0.5, 0.6) is 0 Å². The fourth-order valence-electron chi connectivity index (χ4n) is 1.83. The molecule has 1 aromatic carbocycles. The lowest BCUT2D eigenvalue weighted by atomic mass is 10.1. The minimum absolute atomic E-state index is 0.0685. The van der Waals surface area contributed by atoms with Gasteiger partial charge in [-0.1, -0.05) is 28.9 Å². The number of nitrogens with two attached hydrogens (primary N) is 1. The Morgan fingerprint density at radius 1 is 1.24 bits per heavy atom. The summed E-state index contributed by atoms with van der Waals surface area (Å²) in [4.78, 5) is 8.15. The number of hydrogen-bond donors (Lipinski definition) is 1. The highest BCUT2D eigenvalue weighted by molar-refractivity contribution is 6.30. The van der Waals surface area contributed by atoms with Gasteiger partial charge >= 0.3 is 0 Å². The molecule has 106 valence electrons. The molecule has 5 nitrogen and oxygen atoms in total. The fraction of sp³-hybridized carbons (Fsp3) is 0.0714. The van der Waals surface area contributed by atoms with Crippen molar-refractivity contribution in [3.05, 3.63) is 58.8 Å². The summed E-state index contributed by atoms with van der Waals surface area (Å²) in [6.45, 7) is 0. The SMILES string of the molecule is Nc1ccc(-c2nc(Cc3cccc(Cl)c3F)no2)cn1. The summed E-state index contributed by atoms with van der Waals surface area (Å²) in [7, 11) is 0. The lowest BCUT2D eigenvalue weighted by Crippen LogP contribution is -1.95. The third-order valence-corrected chi connectivity index (χ3v) is 3.17. The van der Waals surface area contributed by atoms with Crippen LogP contribution in [-0.4, -0.2) is 15.1 Å². The number of halogens is 2. The predicted octanol–water partition coefficient (Wildman–Crippen LogP) is 3.10. The lowest BCUT2D eigenvalue weighted by Gasteiger charge is -2.00. The van der Waals surface area contributed by atoms with Crippen molar-refractivity contribution in [3.8, 4) is 11.5 Å².